The highest BCUT2D eigenvalue weighted by molar-refractivity contribution is 9.11. The van der Waals surface area contributed by atoms with Crippen LogP contribution in [0.15, 0.2) is 45.3 Å². The Balaban J connectivity index is 1.75. The Kier molecular flexibility index (Phi) is 5.21. The van der Waals surface area contributed by atoms with E-state index >= 15 is 0 Å². The molecular formula is C15H11BrClN3OS2. The van der Waals surface area contributed by atoms with Crippen molar-refractivity contribution in [3.05, 3.63) is 50.1 Å². The number of hydrogen-bond acceptors (Lipinski definition) is 5. The van der Waals surface area contributed by atoms with E-state index < -0.39 is 0 Å². The van der Waals surface area contributed by atoms with Crippen LogP contribution in [-0.2, 0) is 7.05 Å². The standard InChI is InChI=1S/C15H11BrClN3OS2/c1-20-14(9-4-2-3-5-10(9)17)18-19-15(20)22-8-11(21)12-6-7-13(16)23-12/h2-7H,8H2,1H3. The van der Waals surface area contributed by atoms with Gasteiger partial charge in [-0.2, -0.15) is 0 Å². The Morgan fingerprint density at radius 1 is 1.30 bits per heavy atom. The van der Waals surface area contributed by atoms with Crippen LogP contribution in [0.1, 0.15) is 9.67 Å². The second kappa shape index (κ2) is 7.17. The fourth-order valence-electron chi connectivity index (χ4n) is 1.98. The van der Waals surface area contributed by atoms with E-state index in [1.54, 1.807) is 0 Å². The van der Waals surface area contributed by atoms with Crippen LogP contribution in [0, 0.1) is 0 Å². The fraction of sp³-hybridized carbons (Fsp3) is 0.133. The summed E-state index contributed by atoms with van der Waals surface area (Å²) in [6.45, 7) is 0. The molecule has 118 valence electrons. The Hall–Kier alpha value is -1.15. The van der Waals surface area contributed by atoms with Gasteiger partial charge in [-0.1, -0.05) is 35.5 Å². The summed E-state index contributed by atoms with van der Waals surface area (Å²) in [5, 5.41) is 9.66. The number of ketones is 1. The van der Waals surface area contributed by atoms with Crippen molar-refractivity contribution in [2.45, 2.75) is 5.16 Å². The number of thioether (sulfide) groups is 1. The molecule has 2 heterocycles. The third-order valence-electron chi connectivity index (χ3n) is 3.13. The van der Waals surface area contributed by atoms with Crippen LogP contribution in [0.25, 0.3) is 11.4 Å². The van der Waals surface area contributed by atoms with Crippen molar-refractivity contribution in [3.63, 3.8) is 0 Å². The maximum Gasteiger partial charge on any atom is 0.191 e. The molecule has 23 heavy (non-hydrogen) atoms. The average Bonchev–Trinajstić information content (AvgIpc) is 3.12. The van der Waals surface area contributed by atoms with Gasteiger partial charge in [-0.3, -0.25) is 4.79 Å². The number of aromatic nitrogens is 3. The summed E-state index contributed by atoms with van der Waals surface area (Å²) in [5.41, 5.74) is 0.824. The molecule has 8 heteroatoms. The van der Waals surface area contributed by atoms with Crippen LogP contribution in [0.2, 0.25) is 5.02 Å². The molecule has 0 N–H and O–H groups in total. The van der Waals surface area contributed by atoms with Gasteiger partial charge in [0.25, 0.3) is 0 Å². The van der Waals surface area contributed by atoms with Crippen LogP contribution in [0.5, 0.6) is 0 Å². The van der Waals surface area contributed by atoms with E-state index in [1.165, 1.54) is 23.1 Å². The molecule has 0 unspecified atom stereocenters. The zero-order valence-electron chi connectivity index (χ0n) is 12.0. The molecule has 0 bridgehead atoms. The summed E-state index contributed by atoms with van der Waals surface area (Å²) in [6, 6.07) is 11.2. The summed E-state index contributed by atoms with van der Waals surface area (Å²) < 4.78 is 2.80. The molecule has 0 spiro atoms. The first-order valence-corrected chi connectivity index (χ1v) is 9.59. The van der Waals surface area contributed by atoms with E-state index in [2.05, 4.69) is 26.1 Å². The van der Waals surface area contributed by atoms with Gasteiger partial charge in [0.05, 0.1) is 19.4 Å². The quantitative estimate of drug-likeness (QED) is 0.427. The molecule has 3 aromatic rings. The van der Waals surface area contributed by atoms with Crippen LogP contribution >= 0.6 is 50.6 Å². The van der Waals surface area contributed by atoms with E-state index in [9.17, 15) is 4.79 Å². The second-order valence-corrected chi connectivity index (χ2v) is 8.47. The number of Topliss-reactive ketones (excluding diaryl/α,β-unsaturated/α-hetero) is 1. The summed E-state index contributed by atoms with van der Waals surface area (Å²) in [6.07, 6.45) is 0. The first-order valence-electron chi connectivity index (χ1n) is 6.62. The third-order valence-corrected chi connectivity index (χ3v) is 6.14. The van der Waals surface area contributed by atoms with E-state index in [4.69, 9.17) is 11.6 Å². The van der Waals surface area contributed by atoms with Crippen LogP contribution in [0.4, 0.5) is 0 Å². The van der Waals surface area contributed by atoms with E-state index in [-0.39, 0.29) is 5.78 Å². The molecule has 0 aliphatic carbocycles. The number of carbonyl (C=O) groups excluding carboxylic acids is 1. The predicted molar refractivity (Wildman–Crippen MR) is 98.5 cm³/mol. The molecule has 0 aliphatic heterocycles. The largest absolute Gasteiger partial charge is 0.305 e. The highest BCUT2D eigenvalue weighted by atomic mass is 79.9. The lowest BCUT2D eigenvalue weighted by molar-refractivity contribution is 0.102. The van der Waals surface area contributed by atoms with Gasteiger partial charge in [-0.15, -0.1) is 21.5 Å². The van der Waals surface area contributed by atoms with Crippen molar-refractivity contribution >= 4 is 56.4 Å². The Morgan fingerprint density at radius 2 is 2.09 bits per heavy atom. The minimum Gasteiger partial charge on any atom is -0.305 e. The van der Waals surface area contributed by atoms with Gasteiger partial charge in [0.15, 0.2) is 16.8 Å². The zero-order valence-corrected chi connectivity index (χ0v) is 16.0. The maximum atomic E-state index is 12.2. The summed E-state index contributed by atoms with van der Waals surface area (Å²) in [7, 11) is 1.87. The van der Waals surface area contributed by atoms with Crippen molar-refractivity contribution in [1.82, 2.24) is 14.8 Å². The van der Waals surface area contributed by atoms with Gasteiger partial charge in [0, 0.05) is 12.6 Å². The predicted octanol–water partition coefficient (Wildman–Crippen LogP) is 4.93. The molecule has 0 aliphatic rings. The first kappa shape index (κ1) is 16.7. The molecule has 0 radical (unpaired) electrons. The second-order valence-electron chi connectivity index (χ2n) is 4.66. The molecule has 2 aromatic heterocycles. The zero-order chi connectivity index (χ0) is 16.4. The monoisotopic (exact) mass is 427 g/mol. The van der Waals surface area contributed by atoms with Gasteiger partial charge in [-0.25, -0.2) is 0 Å². The summed E-state index contributed by atoms with van der Waals surface area (Å²) in [5.74, 6) is 1.08. The number of nitrogens with zero attached hydrogens (tertiary/aromatic N) is 3. The SMILES string of the molecule is Cn1c(SCC(=O)c2ccc(Br)s2)nnc1-c1ccccc1Cl. The van der Waals surface area contributed by atoms with E-state index in [1.807, 2.05) is 48.0 Å². The Labute approximate surface area is 155 Å². The van der Waals surface area contributed by atoms with Crippen molar-refractivity contribution in [3.8, 4) is 11.4 Å². The molecule has 0 fully saturated rings. The van der Waals surface area contributed by atoms with E-state index in [0.29, 0.717) is 21.8 Å². The highest BCUT2D eigenvalue weighted by Crippen LogP contribution is 2.29. The van der Waals surface area contributed by atoms with Crippen LogP contribution < -0.4 is 0 Å². The number of benzene rings is 1. The molecule has 4 nitrogen and oxygen atoms in total. The molecule has 0 saturated carbocycles. The van der Waals surface area contributed by atoms with Gasteiger partial charge < -0.3 is 4.57 Å². The summed E-state index contributed by atoms with van der Waals surface area (Å²) in [4.78, 5) is 12.9. The topological polar surface area (TPSA) is 47.8 Å². The fourth-order valence-corrected chi connectivity index (χ4v) is 4.41. The molecule has 0 saturated heterocycles. The minimum absolute atomic E-state index is 0.0768. The first-order chi connectivity index (χ1) is 11.1. The minimum atomic E-state index is 0.0768. The summed E-state index contributed by atoms with van der Waals surface area (Å²) >= 11 is 12.4. The third kappa shape index (κ3) is 3.68. The lowest BCUT2D eigenvalue weighted by Crippen LogP contribution is -2.02. The number of hydrogen-bond donors (Lipinski definition) is 0. The molecular weight excluding hydrogens is 418 g/mol. The highest BCUT2D eigenvalue weighted by Gasteiger charge is 2.16. The van der Waals surface area contributed by atoms with Gasteiger partial charge >= 0.3 is 0 Å². The molecule has 3 rings (SSSR count). The number of thiophene rings is 1. The van der Waals surface area contributed by atoms with Crippen molar-refractivity contribution in [2.24, 2.45) is 7.05 Å². The van der Waals surface area contributed by atoms with Gasteiger partial charge in [0.1, 0.15) is 0 Å². The molecule has 0 atom stereocenters. The molecule has 1 aromatic carbocycles. The van der Waals surface area contributed by atoms with Gasteiger partial charge in [0.2, 0.25) is 0 Å². The van der Waals surface area contributed by atoms with Crippen molar-refractivity contribution in [2.75, 3.05) is 5.75 Å². The lowest BCUT2D eigenvalue weighted by Gasteiger charge is -2.04. The maximum absolute atomic E-state index is 12.2. The normalized spacial score (nSPS) is 10.9. The lowest BCUT2D eigenvalue weighted by atomic mass is 10.2. The Morgan fingerprint density at radius 3 is 2.78 bits per heavy atom. The van der Waals surface area contributed by atoms with Crippen molar-refractivity contribution < 1.29 is 4.79 Å². The Bertz CT molecular complexity index is 862. The number of rotatable bonds is 5. The van der Waals surface area contributed by atoms with Gasteiger partial charge in [-0.05, 0) is 40.2 Å². The van der Waals surface area contributed by atoms with Crippen LogP contribution in [0.3, 0.4) is 0 Å². The average molecular weight is 429 g/mol. The van der Waals surface area contributed by atoms with E-state index in [0.717, 1.165) is 14.2 Å². The molecule has 0 amide bonds. The van der Waals surface area contributed by atoms with Crippen molar-refractivity contribution in [1.29, 1.82) is 0 Å². The number of halogens is 2. The smallest absolute Gasteiger partial charge is 0.191 e. The number of carbonyl (C=O) groups is 1. The van der Waals surface area contributed by atoms with Crippen LogP contribution in [-0.4, -0.2) is 26.3 Å².